The summed E-state index contributed by atoms with van der Waals surface area (Å²) in [6.07, 6.45) is 1.31. The number of rotatable bonds is 9. The summed E-state index contributed by atoms with van der Waals surface area (Å²) >= 11 is 3.13. The third-order valence-corrected chi connectivity index (χ3v) is 7.25. The van der Waals surface area contributed by atoms with Gasteiger partial charge in [0, 0.05) is 43.2 Å². The fraction of sp³-hybridized carbons (Fsp3) is 0.391. The number of thioether (sulfide) groups is 1. The zero-order valence-electron chi connectivity index (χ0n) is 17.7. The van der Waals surface area contributed by atoms with E-state index < -0.39 is 0 Å². The number of morpholine rings is 1. The summed E-state index contributed by atoms with van der Waals surface area (Å²) in [5.41, 5.74) is 0.925. The van der Waals surface area contributed by atoms with Crippen LogP contribution in [0.25, 0.3) is 10.2 Å². The van der Waals surface area contributed by atoms with Gasteiger partial charge in [-0.15, -0.1) is 24.2 Å². The van der Waals surface area contributed by atoms with E-state index >= 15 is 0 Å². The molecule has 3 aromatic rings. The Morgan fingerprint density at radius 1 is 1.16 bits per heavy atom. The minimum absolute atomic E-state index is 0. The van der Waals surface area contributed by atoms with Crippen LogP contribution in [0.3, 0.4) is 0 Å². The topological polar surface area (TPSA) is 45.7 Å². The molecule has 5 nitrogen and oxygen atoms in total. The molecule has 0 saturated carbocycles. The smallest absolute Gasteiger partial charge is 0.229 e. The Kier molecular flexibility index (Phi) is 9.74. The van der Waals surface area contributed by atoms with Gasteiger partial charge >= 0.3 is 0 Å². The highest BCUT2D eigenvalue weighted by atomic mass is 35.5. The molecule has 1 aromatic heterocycles. The lowest BCUT2D eigenvalue weighted by molar-refractivity contribution is -0.118. The molecule has 1 aliphatic heterocycles. The second-order valence-corrected chi connectivity index (χ2v) is 9.55. The van der Waals surface area contributed by atoms with Crippen molar-refractivity contribution in [1.82, 2.24) is 9.88 Å². The summed E-state index contributed by atoms with van der Waals surface area (Å²) in [4.78, 5) is 23.0. The van der Waals surface area contributed by atoms with E-state index in [9.17, 15) is 9.18 Å². The zero-order chi connectivity index (χ0) is 21.5. The van der Waals surface area contributed by atoms with Crippen LogP contribution >= 0.6 is 35.5 Å². The first-order valence-corrected chi connectivity index (χ1v) is 12.3. The predicted molar refractivity (Wildman–Crippen MR) is 133 cm³/mol. The Morgan fingerprint density at radius 2 is 1.91 bits per heavy atom. The van der Waals surface area contributed by atoms with Gasteiger partial charge in [-0.25, -0.2) is 9.37 Å². The lowest BCUT2D eigenvalue weighted by Crippen LogP contribution is -2.39. The Labute approximate surface area is 202 Å². The van der Waals surface area contributed by atoms with Gasteiger partial charge in [0.15, 0.2) is 5.13 Å². The average Bonchev–Trinajstić information content (AvgIpc) is 3.22. The number of carbonyl (C=O) groups excluding carboxylic acids is 1. The first-order chi connectivity index (χ1) is 15.2. The first-order valence-electron chi connectivity index (χ1n) is 10.5. The number of fused-ring (bicyclic) bond motifs is 1. The minimum Gasteiger partial charge on any atom is -0.379 e. The van der Waals surface area contributed by atoms with Gasteiger partial charge in [-0.05, 0) is 42.8 Å². The van der Waals surface area contributed by atoms with Crippen molar-refractivity contribution < 1.29 is 13.9 Å². The number of para-hydroxylation sites is 1. The van der Waals surface area contributed by atoms with Gasteiger partial charge in [0.05, 0.1) is 23.4 Å². The van der Waals surface area contributed by atoms with Gasteiger partial charge in [0.1, 0.15) is 5.82 Å². The Hall–Kier alpha value is -1.71. The van der Waals surface area contributed by atoms with Crippen LogP contribution in [0.2, 0.25) is 0 Å². The number of hydrogen-bond donors (Lipinski definition) is 0. The molecule has 0 unspecified atom stereocenters. The van der Waals surface area contributed by atoms with Gasteiger partial charge in [-0.1, -0.05) is 23.5 Å². The molecule has 9 heteroatoms. The number of anilines is 1. The standard InChI is InChI=1S/C23H26FN3O2S2.ClH/c24-18-6-8-19(9-7-18)30-17-10-22(28)27(12-3-11-26-13-15-29-16-14-26)23-25-20-4-1-2-5-21(20)31-23;/h1-2,4-9H,3,10-17H2;1H. The maximum absolute atomic E-state index is 13.1. The van der Waals surface area contributed by atoms with Gasteiger partial charge in [-0.2, -0.15) is 0 Å². The van der Waals surface area contributed by atoms with Crippen LogP contribution < -0.4 is 4.90 Å². The third-order valence-electron chi connectivity index (χ3n) is 5.17. The molecule has 0 spiro atoms. The number of aromatic nitrogens is 1. The molecule has 172 valence electrons. The van der Waals surface area contributed by atoms with Crippen molar-refractivity contribution in [2.24, 2.45) is 0 Å². The highest BCUT2D eigenvalue weighted by Gasteiger charge is 2.20. The highest BCUT2D eigenvalue weighted by molar-refractivity contribution is 7.99. The van der Waals surface area contributed by atoms with Crippen LogP contribution in [0.1, 0.15) is 12.8 Å². The van der Waals surface area contributed by atoms with Crippen molar-refractivity contribution in [1.29, 1.82) is 0 Å². The molecular formula is C23H27ClFN3O2S2. The number of nitrogens with zero attached hydrogens (tertiary/aromatic N) is 3. The molecule has 32 heavy (non-hydrogen) atoms. The maximum atomic E-state index is 13.1. The second kappa shape index (κ2) is 12.5. The van der Waals surface area contributed by atoms with Crippen molar-refractivity contribution in [3.8, 4) is 0 Å². The number of amides is 1. The fourth-order valence-corrected chi connectivity index (χ4v) is 5.35. The first kappa shape index (κ1) is 24.9. The molecule has 0 atom stereocenters. The normalized spacial score (nSPS) is 14.3. The molecular weight excluding hydrogens is 469 g/mol. The van der Waals surface area contributed by atoms with Crippen LogP contribution in [0.4, 0.5) is 9.52 Å². The summed E-state index contributed by atoms with van der Waals surface area (Å²) in [6.45, 7) is 5.05. The van der Waals surface area contributed by atoms with E-state index in [0.29, 0.717) is 18.7 Å². The van der Waals surface area contributed by atoms with Crippen molar-refractivity contribution in [2.75, 3.05) is 50.0 Å². The third kappa shape index (κ3) is 6.89. The molecule has 2 heterocycles. The van der Waals surface area contributed by atoms with Crippen molar-refractivity contribution in [3.63, 3.8) is 0 Å². The quantitative estimate of drug-likeness (QED) is 0.387. The molecule has 0 aliphatic carbocycles. The SMILES string of the molecule is Cl.O=C(CCSc1ccc(F)cc1)N(CCCN1CCOCC1)c1nc2ccccc2s1. The highest BCUT2D eigenvalue weighted by Crippen LogP contribution is 2.29. The predicted octanol–water partition coefficient (Wildman–Crippen LogP) is 5.09. The number of carbonyl (C=O) groups is 1. The van der Waals surface area contributed by atoms with Crippen LogP contribution in [-0.2, 0) is 9.53 Å². The van der Waals surface area contributed by atoms with E-state index in [4.69, 9.17) is 9.72 Å². The van der Waals surface area contributed by atoms with Crippen LogP contribution in [0, 0.1) is 5.82 Å². The Morgan fingerprint density at radius 3 is 2.66 bits per heavy atom. The van der Waals surface area contributed by atoms with Crippen molar-refractivity contribution >= 4 is 56.8 Å². The van der Waals surface area contributed by atoms with E-state index in [1.807, 2.05) is 29.2 Å². The number of hydrogen-bond acceptors (Lipinski definition) is 6. The van der Waals surface area contributed by atoms with Crippen molar-refractivity contribution in [3.05, 3.63) is 54.3 Å². The van der Waals surface area contributed by atoms with Gasteiger partial charge in [0.25, 0.3) is 0 Å². The fourth-order valence-electron chi connectivity index (χ4n) is 3.50. The Bertz CT molecular complexity index is 963. The van der Waals surface area contributed by atoms with Crippen LogP contribution in [0.15, 0.2) is 53.4 Å². The van der Waals surface area contributed by atoms with E-state index in [1.54, 1.807) is 35.2 Å². The molecule has 1 saturated heterocycles. The minimum atomic E-state index is -0.247. The average molecular weight is 496 g/mol. The number of ether oxygens (including phenoxy) is 1. The molecule has 0 bridgehead atoms. The van der Waals surface area contributed by atoms with E-state index in [2.05, 4.69) is 4.90 Å². The summed E-state index contributed by atoms with van der Waals surface area (Å²) < 4.78 is 19.6. The second-order valence-electron chi connectivity index (χ2n) is 7.37. The lowest BCUT2D eigenvalue weighted by atomic mass is 10.3. The van der Waals surface area contributed by atoms with Gasteiger partial charge < -0.3 is 4.74 Å². The van der Waals surface area contributed by atoms with Crippen LogP contribution in [0.5, 0.6) is 0 Å². The zero-order valence-corrected chi connectivity index (χ0v) is 20.2. The van der Waals surface area contributed by atoms with E-state index in [-0.39, 0.29) is 24.1 Å². The monoisotopic (exact) mass is 495 g/mol. The molecule has 1 amide bonds. The largest absolute Gasteiger partial charge is 0.379 e. The molecule has 1 aliphatic rings. The molecule has 2 aromatic carbocycles. The van der Waals surface area contributed by atoms with Crippen LogP contribution in [-0.4, -0.2) is 60.9 Å². The molecule has 0 N–H and O–H groups in total. The molecule has 1 fully saturated rings. The van der Waals surface area contributed by atoms with Gasteiger partial charge in [0.2, 0.25) is 5.91 Å². The summed E-state index contributed by atoms with van der Waals surface area (Å²) in [5, 5.41) is 0.764. The summed E-state index contributed by atoms with van der Waals surface area (Å²) in [5.74, 6) is 0.480. The Balaban J connectivity index is 0.00000289. The lowest BCUT2D eigenvalue weighted by Gasteiger charge is -2.27. The molecule has 0 radical (unpaired) electrons. The summed E-state index contributed by atoms with van der Waals surface area (Å²) in [7, 11) is 0. The summed E-state index contributed by atoms with van der Waals surface area (Å²) in [6, 6.07) is 14.4. The van der Waals surface area contributed by atoms with Gasteiger partial charge in [-0.3, -0.25) is 14.6 Å². The number of benzene rings is 2. The van der Waals surface area contributed by atoms with E-state index in [1.165, 1.54) is 12.1 Å². The van der Waals surface area contributed by atoms with Crippen molar-refractivity contribution in [2.45, 2.75) is 17.7 Å². The van der Waals surface area contributed by atoms with E-state index in [0.717, 1.165) is 59.5 Å². The number of halogens is 2. The number of thiazole rings is 1. The maximum Gasteiger partial charge on any atom is 0.229 e. The molecule has 4 rings (SSSR count).